The van der Waals surface area contributed by atoms with Gasteiger partial charge in [0.1, 0.15) is 11.5 Å². The Balaban J connectivity index is 1.54. The van der Waals surface area contributed by atoms with Gasteiger partial charge in [-0.25, -0.2) is 0 Å². The number of hydrogen-bond acceptors (Lipinski definition) is 1. The smallest absolute Gasteiger partial charge is 0.131 e. The molecule has 36 heavy (non-hydrogen) atoms. The summed E-state index contributed by atoms with van der Waals surface area (Å²) in [5.74, 6) is 1.89. The Bertz CT molecular complexity index is 1720. The molecule has 0 saturated carbocycles. The molecule has 0 unspecified atom stereocenters. The summed E-state index contributed by atoms with van der Waals surface area (Å²) < 4.78 is 6.36. The van der Waals surface area contributed by atoms with Crippen LogP contribution in [0.1, 0.15) is 25.0 Å². The molecule has 1 heteroatoms. The van der Waals surface area contributed by atoms with Crippen LogP contribution in [0.3, 0.4) is 0 Å². The lowest BCUT2D eigenvalue weighted by molar-refractivity contribution is 0.418. The normalized spacial score (nSPS) is 13.7. The fraction of sp³-hybridized carbons (Fsp3) is 0.0857. The average molecular weight is 463 g/mol. The van der Waals surface area contributed by atoms with Crippen molar-refractivity contribution in [1.82, 2.24) is 0 Å². The third-order valence-corrected chi connectivity index (χ3v) is 7.72. The lowest BCUT2D eigenvalue weighted by atomic mass is 9.74. The Morgan fingerprint density at radius 1 is 0.444 bits per heavy atom. The molecular weight excluding hydrogens is 436 g/mol. The van der Waals surface area contributed by atoms with Gasteiger partial charge in [0, 0.05) is 16.5 Å². The van der Waals surface area contributed by atoms with Crippen molar-refractivity contribution in [3.8, 4) is 33.8 Å². The van der Waals surface area contributed by atoms with Crippen molar-refractivity contribution in [3.05, 3.63) is 132 Å². The van der Waals surface area contributed by atoms with Crippen molar-refractivity contribution in [3.63, 3.8) is 0 Å². The van der Waals surface area contributed by atoms with Crippen LogP contribution in [0.4, 0.5) is 0 Å². The molecule has 0 fully saturated rings. The van der Waals surface area contributed by atoms with E-state index < -0.39 is 0 Å². The lowest BCUT2D eigenvalue weighted by Gasteiger charge is -2.35. The van der Waals surface area contributed by atoms with E-state index in [-0.39, 0.29) is 5.41 Å². The van der Waals surface area contributed by atoms with E-state index in [0.29, 0.717) is 0 Å². The zero-order valence-electron chi connectivity index (χ0n) is 20.5. The molecular formula is C35H26O. The first-order valence-electron chi connectivity index (χ1n) is 12.5. The maximum absolute atomic E-state index is 6.36. The number of hydrogen-bond donors (Lipinski definition) is 0. The van der Waals surface area contributed by atoms with E-state index in [9.17, 15) is 0 Å². The highest BCUT2D eigenvalue weighted by Gasteiger charge is 2.34. The van der Waals surface area contributed by atoms with Crippen LogP contribution in [-0.4, -0.2) is 0 Å². The van der Waals surface area contributed by atoms with Crippen molar-refractivity contribution in [2.24, 2.45) is 0 Å². The molecule has 7 rings (SSSR count). The van der Waals surface area contributed by atoms with Crippen LogP contribution in [0.2, 0.25) is 0 Å². The number of fused-ring (bicyclic) bond motifs is 4. The minimum absolute atomic E-state index is 0.157. The van der Waals surface area contributed by atoms with Crippen molar-refractivity contribution in [2.45, 2.75) is 19.3 Å². The minimum Gasteiger partial charge on any atom is -0.457 e. The molecule has 1 nitrogen and oxygen atoms in total. The Morgan fingerprint density at radius 2 is 0.944 bits per heavy atom. The average Bonchev–Trinajstić information content (AvgIpc) is 2.92. The van der Waals surface area contributed by atoms with E-state index in [0.717, 1.165) is 11.5 Å². The van der Waals surface area contributed by atoms with Crippen LogP contribution >= 0.6 is 0 Å². The molecule has 0 saturated heterocycles. The summed E-state index contributed by atoms with van der Waals surface area (Å²) in [5, 5.41) is 5.09. The summed E-state index contributed by atoms with van der Waals surface area (Å²) in [6.07, 6.45) is 0. The highest BCUT2D eigenvalue weighted by molar-refractivity contribution is 6.21. The predicted octanol–water partition coefficient (Wildman–Crippen LogP) is 9.76. The molecule has 172 valence electrons. The van der Waals surface area contributed by atoms with Gasteiger partial charge in [-0.15, -0.1) is 0 Å². The van der Waals surface area contributed by atoms with Crippen LogP contribution < -0.4 is 4.74 Å². The molecule has 0 amide bonds. The standard InChI is InChI=1S/C35H26O/c1-35(2)29-18-10-11-19-31(29)36-32-21-20-24(22-30(32)35)34-27-16-8-6-14-25(27)33(23-12-4-3-5-13-23)26-15-7-9-17-28(26)34/h3-22H,1-2H3. The zero-order chi connectivity index (χ0) is 24.3. The molecule has 0 aromatic heterocycles. The van der Waals surface area contributed by atoms with Crippen LogP contribution in [0, 0.1) is 0 Å². The molecule has 1 aliphatic heterocycles. The van der Waals surface area contributed by atoms with Gasteiger partial charge < -0.3 is 4.74 Å². The van der Waals surface area contributed by atoms with E-state index in [1.165, 1.54) is 54.9 Å². The van der Waals surface area contributed by atoms with Gasteiger partial charge in [-0.2, -0.15) is 0 Å². The molecule has 0 N–H and O–H groups in total. The third kappa shape index (κ3) is 3.03. The molecule has 1 heterocycles. The van der Waals surface area contributed by atoms with Crippen LogP contribution in [0.15, 0.2) is 121 Å². The molecule has 6 aromatic carbocycles. The SMILES string of the molecule is CC1(C)c2ccccc2Oc2ccc(-c3c4ccccc4c(-c4ccccc4)c4ccccc34)cc21. The molecule has 0 atom stereocenters. The Morgan fingerprint density at radius 3 is 1.58 bits per heavy atom. The quantitative estimate of drug-likeness (QED) is 0.233. The van der Waals surface area contributed by atoms with E-state index >= 15 is 0 Å². The second-order valence-electron chi connectivity index (χ2n) is 10.1. The Labute approximate surface area is 211 Å². The monoisotopic (exact) mass is 462 g/mol. The number of rotatable bonds is 2. The van der Waals surface area contributed by atoms with Gasteiger partial charge in [-0.1, -0.05) is 117 Å². The van der Waals surface area contributed by atoms with Gasteiger partial charge in [0.2, 0.25) is 0 Å². The second-order valence-corrected chi connectivity index (χ2v) is 10.1. The predicted molar refractivity (Wildman–Crippen MR) is 151 cm³/mol. The van der Waals surface area contributed by atoms with Gasteiger partial charge in [-0.3, -0.25) is 0 Å². The van der Waals surface area contributed by atoms with E-state index in [2.05, 4.69) is 129 Å². The minimum atomic E-state index is -0.157. The molecule has 0 aliphatic carbocycles. The summed E-state index contributed by atoms with van der Waals surface area (Å²) in [4.78, 5) is 0. The molecule has 1 aliphatic rings. The maximum Gasteiger partial charge on any atom is 0.131 e. The number of benzene rings is 6. The van der Waals surface area contributed by atoms with Gasteiger partial charge in [0.25, 0.3) is 0 Å². The van der Waals surface area contributed by atoms with Crippen molar-refractivity contribution in [1.29, 1.82) is 0 Å². The summed E-state index contributed by atoms with van der Waals surface area (Å²) in [6, 6.07) is 43.5. The van der Waals surface area contributed by atoms with E-state index in [1.807, 2.05) is 6.07 Å². The fourth-order valence-electron chi connectivity index (χ4n) is 5.95. The van der Waals surface area contributed by atoms with Crippen molar-refractivity contribution < 1.29 is 4.74 Å². The fourth-order valence-corrected chi connectivity index (χ4v) is 5.95. The summed E-state index contributed by atoms with van der Waals surface area (Å²) in [5.41, 5.74) is 7.32. The highest BCUT2D eigenvalue weighted by Crippen LogP contribution is 2.50. The van der Waals surface area contributed by atoms with Gasteiger partial charge in [-0.05, 0) is 62.0 Å². The first-order valence-corrected chi connectivity index (χ1v) is 12.5. The number of ether oxygens (including phenoxy) is 1. The molecule has 0 bridgehead atoms. The van der Waals surface area contributed by atoms with E-state index in [4.69, 9.17) is 4.74 Å². The maximum atomic E-state index is 6.36. The lowest BCUT2D eigenvalue weighted by Crippen LogP contribution is -2.24. The molecule has 0 radical (unpaired) electrons. The summed E-state index contributed by atoms with van der Waals surface area (Å²) in [7, 11) is 0. The van der Waals surface area contributed by atoms with Crippen LogP contribution in [0.25, 0.3) is 43.8 Å². The summed E-state index contributed by atoms with van der Waals surface area (Å²) >= 11 is 0. The van der Waals surface area contributed by atoms with Gasteiger partial charge >= 0.3 is 0 Å². The highest BCUT2D eigenvalue weighted by atomic mass is 16.5. The van der Waals surface area contributed by atoms with Gasteiger partial charge in [0.05, 0.1) is 0 Å². The zero-order valence-corrected chi connectivity index (χ0v) is 20.5. The first-order chi connectivity index (χ1) is 17.6. The molecule has 6 aromatic rings. The first kappa shape index (κ1) is 21.0. The van der Waals surface area contributed by atoms with Crippen LogP contribution in [-0.2, 0) is 5.41 Å². The largest absolute Gasteiger partial charge is 0.457 e. The van der Waals surface area contributed by atoms with E-state index in [1.54, 1.807) is 0 Å². The third-order valence-electron chi connectivity index (χ3n) is 7.72. The molecule has 0 spiro atoms. The Kier molecular flexibility index (Phi) is 4.56. The topological polar surface area (TPSA) is 9.23 Å². The summed E-state index contributed by atoms with van der Waals surface area (Å²) in [6.45, 7) is 4.59. The van der Waals surface area contributed by atoms with Crippen molar-refractivity contribution >= 4 is 21.5 Å². The second kappa shape index (κ2) is 7.83. The van der Waals surface area contributed by atoms with Crippen molar-refractivity contribution in [2.75, 3.05) is 0 Å². The number of para-hydroxylation sites is 1. The Hall–Kier alpha value is -4.36. The van der Waals surface area contributed by atoms with Gasteiger partial charge in [0.15, 0.2) is 0 Å². The van der Waals surface area contributed by atoms with Crippen LogP contribution in [0.5, 0.6) is 11.5 Å².